The number of nitrogens with two attached hydrogens (primary N) is 1. The predicted octanol–water partition coefficient (Wildman–Crippen LogP) is 2.85. The van der Waals surface area contributed by atoms with Crippen LogP contribution in [0.3, 0.4) is 0 Å². The van der Waals surface area contributed by atoms with Crippen molar-refractivity contribution in [3.63, 3.8) is 0 Å². The van der Waals surface area contributed by atoms with E-state index in [4.69, 9.17) is 5.73 Å². The summed E-state index contributed by atoms with van der Waals surface area (Å²) in [4.78, 5) is 21.3. The molecule has 1 aromatic carbocycles. The van der Waals surface area contributed by atoms with E-state index < -0.39 is 0 Å². The molecule has 1 saturated heterocycles. The van der Waals surface area contributed by atoms with Crippen LogP contribution in [0.15, 0.2) is 36.4 Å². The third kappa shape index (κ3) is 5.45. The second kappa shape index (κ2) is 9.55. The van der Waals surface area contributed by atoms with Crippen LogP contribution in [0, 0.1) is 0 Å². The third-order valence-electron chi connectivity index (χ3n) is 5.13. The zero-order valence-corrected chi connectivity index (χ0v) is 16.9. The smallest absolute Gasteiger partial charge is 0.253 e. The first-order chi connectivity index (χ1) is 13.5. The van der Waals surface area contributed by atoms with Gasteiger partial charge in [0.15, 0.2) is 0 Å². The second-order valence-electron chi connectivity index (χ2n) is 7.52. The fourth-order valence-electron chi connectivity index (χ4n) is 3.38. The van der Waals surface area contributed by atoms with Crippen LogP contribution in [0.2, 0.25) is 0 Å². The lowest BCUT2D eigenvalue weighted by atomic mass is 10.1. The Morgan fingerprint density at radius 1 is 1.14 bits per heavy atom. The number of unbranched alkanes of at least 4 members (excludes halogenated alkanes) is 1. The molecule has 0 saturated carbocycles. The van der Waals surface area contributed by atoms with Crippen LogP contribution in [0.5, 0.6) is 0 Å². The third-order valence-corrected chi connectivity index (χ3v) is 5.13. The van der Waals surface area contributed by atoms with E-state index >= 15 is 0 Å². The molecular weight excluding hydrogens is 350 g/mol. The summed E-state index contributed by atoms with van der Waals surface area (Å²) in [5.74, 6) is 0.641. The van der Waals surface area contributed by atoms with Crippen LogP contribution in [0.1, 0.15) is 41.4 Å². The summed E-state index contributed by atoms with van der Waals surface area (Å²) in [6.07, 6.45) is 2.97. The number of carbonyl (C=O) groups is 1. The van der Waals surface area contributed by atoms with Crippen LogP contribution in [0.25, 0.3) is 0 Å². The van der Waals surface area contributed by atoms with E-state index in [0.717, 1.165) is 68.1 Å². The van der Waals surface area contributed by atoms with Gasteiger partial charge in [0.1, 0.15) is 5.82 Å². The molecule has 0 bridgehead atoms. The largest absolute Gasteiger partial charge is 0.385 e. The molecule has 0 atom stereocenters. The number of hydrogen-bond acceptors (Lipinski definition) is 5. The fraction of sp³-hybridized carbons (Fsp3) is 0.455. The van der Waals surface area contributed by atoms with Crippen molar-refractivity contribution >= 4 is 17.4 Å². The van der Waals surface area contributed by atoms with Crippen molar-refractivity contribution in [3.8, 4) is 0 Å². The first-order valence-electron chi connectivity index (χ1n) is 10.1. The first-order valence-corrected chi connectivity index (χ1v) is 10.1. The number of anilines is 2. The van der Waals surface area contributed by atoms with Crippen molar-refractivity contribution in [1.29, 1.82) is 0 Å². The number of amides is 1. The van der Waals surface area contributed by atoms with Crippen molar-refractivity contribution < 1.29 is 4.79 Å². The van der Waals surface area contributed by atoms with Gasteiger partial charge in [-0.25, -0.2) is 4.98 Å². The minimum atomic E-state index is 0.115. The molecule has 0 aliphatic carbocycles. The zero-order valence-electron chi connectivity index (χ0n) is 16.9. The van der Waals surface area contributed by atoms with Gasteiger partial charge in [-0.1, -0.05) is 25.5 Å². The molecule has 0 spiro atoms. The minimum Gasteiger partial charge on any atom is -0.385 e. The summed E-state index contributed by atoms with van der Waals surface area (Å²) < 4.78 is 0. The number of piperazine rings is 1. The summed E-state index contributed by atoms with van der Waals surface area (Å²) in [6.45, 7) is 6.55. The molecule has 1 amide bonds. The molecule has 1 aliphatic heterocycles. The van der Waals surface area contributed by atoms with Crippen LogP contribution >= 0.6 is 0 Å². The van der Waals surface area contributed by atoms with Crippen molar-refractivity contribution in [2.24, 2.45) is 0 Å². The Morgan fingerprint density at radius 2 is 1.86 bits per heavy atom. The standard InChI is InChI=1S/C22H31N5O/c1-3-4-9-24-19-15-20(25-21(23)16-19)14-17-5-7-18(8-6-17)22(28)27-12-10-26(2)11-13-27/h5-8,15-16H,3-4,9-14H2,1-2H3,(H3,23,24,25). The van der Waals surface area contributed by atoms with E-state index in [-0.39, 0.29) is 5.91 Å². The molecule has 28 heavy (non-hydrogen) atoms. The molecular formula is C22H31N5O. The van der Waals surface area contributed by atoms with Gasteiger partial charge in [-0.3, -0.25) is 4.79 Å². The van der Waals surface area contributed by atoms with Gasteiger partial charge < -0.3 is 20.9 Å². The lowest BCUT2D eigenvalue weighted by molar-refractivity contribution is 0.0664. The van der Waals surface area contributed by atoms with E-state index in [1.165, 1.54) is 0 Å². The van der Waals surface area contributed by atoms with Crippen LogP contribution in [-0.4, -0.2) is 60.5 Å². The van der Waals surface area contributed by atoms with E-state index in [0.29, 0.717) is 12.2 Å². The van der Waals surface area contributed by atoms with Gasteiger partial charge >= 0.3 is 0 Å². The summed E-state index contributed by atoms with van der Waals surface area (Å²) >= 11 is 0. The minimum absolute atomic E-state index is 0.115. The normalized spacial score (nSPS) is 14.9. The highest BCUT2D eigenvalue weighted by atomic mass is 16.2. The number of benzene rings is 1. The number of likely N-dealkylation sites (N-methyl/N-ethyl adjacent to an activating group) is 1. The van der Waals surface area contributed by atoms with Crippen LogP contribution in [0.4, 0.5) is 11.5 Å². The van der Waals surface area contributed by atoms with Gasteiger partial charge in [0, 0.05) is 62.2 Å². The molecule has 0 unspecified atom stereocenters. The Balaban J connectivity index is 1.63. The number of hydrogen-bond donors (Lipinski definition) is 2. The number of carbonyl (C=O) groups excluding carboxylic acids is 1. The van der Waals surface area contributed by atoms with Gasteiger partial charge in [-0.2, -0.15) is 0 Å². The highest BCUT2D eigenvalue weighted by molar-refractivity contribution is 5.94. The molecule has 6 heteroatoms. The quantitative estimate of drug-likeness (QED) is 0.722. The number of nitrogens with zero attached hydrogens (tertiary/aromatic N) is 3. The predicted molar refractivity (Wildman–Crippen MR) is 115 cm³/mol. The molecule has 2 aromatic rings. The summed E-state index contributed by atoms with van der Waals surface area (Å²) in [6, 6.07) is 11.8. The molecule has 0 radical (unpaired) electrons. The lowest BCUT2D eigenvalue weighted by Gasteiger charge is -2.32. The molecule has 1 aliphatic rings. The first kappa shape index (κ1) is 20.1. The molecule has 6 nitrogen and oxygen atoms in total. The fourth-order valence-corrected chi connectivity index (χ4v) is 3.38. The highest BCUT2D eigenvalue weighted by Gasteiger charge is 2.20. The maximum atomic E-state index is 12.7. The maximum Gasteiger partial charge on any atom is 0.253 e. The lowest BCUT2D eigenvalue weighted by Crippen LogP contribution is -2.47. The van der Waals surface area contributed by atoms with Crippen molar-refractivity contribution in [2.75, 3.05) is 50.8 Å². The molecule has 2 heterocycles. The summed E-state index contributed by atoms with van der Waals surface area (Å²) in [7, 11) is 2.09. The molecule has 3 rings (SSSR count). The summed E-state index contributed by atoms with van der Waals surface area (Å²) in [5, 5.41) is 3.40. The molecule has 1 aromatic heterocycles. The number of rotatable bonds is 7. The monoisotopic (exact) mass is 381 g/mol. The Bertz CT molecular complexity index is 782. The molecule has 150 valence electrons. The van der Waals surface area contributed by atoms with E-state index in [9.17, 15) is 4.79 Å². The SMILES string of the molecule is CCCCNc1cc(N)nc(Cc2ccc(C(=O)N3CCN(C)CC3)cc2)c1. The maximum absolute atomic E-state index is 12.7. The van der Waals surface area contributed by atoms with Gasteiger partial charge in [-0.05, 0) is 37.2 Å². The number of nitrogen functional groups attached to an aromatic ring is 1. The average Bonchev–Trinajstić information content (AvgIpc) is 2.68. The summed E-state index contributed by atoms with van der Waals surface area (Å²) in [5.41, 5.74) is 9.77. The molecule has 1 fully saturated rings. The van der Waals surface area contributed by atoms with Crippen LogP contribution in [-0.2, 0) is 6.42 Å². The Morgan fingerprint density at radius 3 is 2.54 bits per heavy atom. The van der Waals surface area contributed by atoms with Gasteiger partial charge in [0.2, 0.25) is 0 Å². The van der Waals surface area contributed by atoms with Gasteiger partial charge in [0.05, 0.1) is 0 Å². The van der Waals surface area contributed by atoms with Crippen molar-refractivity contribution in [3.05, 3.63) is 53.2 Å². The highest BCUT2D eigenvalue weighted by Crippen LogP contribution is 2.17. The average molecular weight is 382 g/mol. The topological polar surface area (TPSA) is 74.5 Å². The van der Waals surface area contributed by atoms with Crippen molar-refractivity contribution in [1.82, 2.24) is 14.8 Å². The zero-order chi connectivity index (χ0) is 19.9. The number of aromatic nitrogens is 1. The molecule has 3 N–H and O–H groups in total. The van der Waals surface area contributed by atoms with E-state index in [2.05, 4.69) is 35.2 Å². The van der Waals surface area contributed by atoms with Gasteiger partial charge in [-0.15, -0.1) is 0 Å². The Hall–Kier alpha value is -2.60. The van der Waals surface area contributed by atoms with E-state index in [1.54, 1.807) is 0 Å². The van der Waals surface area contributed by atoms with E-state index in [1.807, 2.05) is 35.2 Å². The Kier molecular flexibility index (Phi) is 6.87. The van der Waals surface area contributed by atoms with Crippen molar-refractivity contribution in [2.45, 2.75) is 26.2 Å². The number of pyridine rings is 1. The second-order valence-corrected chi connectivity index (χ2v) is 7.52. The van der Waals surface area contributed by atoms with Crippen LogP contribution < -0.4 is 11.1 Å². The van der Waals surface area contributed by atoms with Gasteiger partial charge in [0.25, 0.3) is 5.91 Å². The Labute approximate surface area is 167 Å². The number of nitrogens with one attached hydrogen (secondary N) is 1.